The Morgan fingerprint density at radius 3 is 2.09 bits per heavy atom. The van der Waals surface area contributed by atoms with Crippen molar-refractivity contribution in [2.45, 2.75) is 111 Å². The Bertz CT molecular complexity index is 1270. The van der Waals surface area contributed by atoms with E-state index in [2.05, 4.69) is 104 Å². The second kappa shape index (κ2) is 9.96. The lowest BCUT2D eigenvalue weighted by atomic mass is 9.76. The molecular weight excluding hydrogens is 420 g/mol. The van der Waals surface area contributed by atoms with Crippen molar-refractivity contribution in [3.63, 3.8) is 0 Å². The summed E-state index contributed by atoms with van der Waals surface area (Å²) in [6.07, 6.45) is 19.3. The van der Waals surface area contributed by atoms with E-state index in [1.807, 2.05) is 0 Å². The van der Waals surface area contributed by atoms with Gasteiger partial charge in [0.2, 0.25) is 0 Å². The van der Waals surface area contributed by atoms with Gasteiger partial charge >= 0.3 is 0 Å². The van der Waals surface area contributed by atoms with Crippen molar-refractivity contribution < 1.29 is 0 Å². The fraction of sp³-hybridized carbons (Fsp3) is 0.486. The SMILES string of the molecule is CCCCC(CCCC)=c1cc2c(c(C3=CC=CC3)c1C(C)(C)C)=[C]c1cc(C(C)(C)C)ccc1-2. The van der Waals surface area contributed by atoms with E-state index in [0.717, 1.165) is 6.42 Å². The van der Waals surface area contributed by atoms with Crippen molar-refractivity contribution in [2.75, 3.05) is 0 Å². The maximum Gasteiger partial charge on any atom is -0.000731 e. The average molecular weight is 466 g/mol. The fourth-order valence-corrected chi connectivity index (χ4v) is 5.70. The van der Waals surface area contributed by atoms with Crippen LogP contribution in [0.2, 0.25) is 0 Å². The third-order valence-corrected chi connectivity index (χ3v) is 7.65. The van der Waals surface area contributed by atoms with Crippen molar-refractivity contribution in [2.24, 2.45) is 0 Å². The van der Waals surface area contributed by atoms with Gasteiger partial charge in [-0.05, 0) is 111 Å². The summed E-state index contributed by atoms with van der Waals surface area (Å²) in [7, 11) is 0. The summed E-state index contributed by atoms with van der Waals surface area (Å²) < 4.78 is 0. The van der Waals surface area contributed by atoms with Crippen molar-refractivity contribution in [1.29, 1.82) is 0 Å². The second-order valence-corrected chi connectivity index (χ2v) is 12.6. The molecule has 0 unspecified atom stereocenters. The normalized spacial score (nSPS) is 14.6. The summed E-state index contributed by atoms with van der Waals surface area (Å²) in [5.74, 6) is 0. The number of rotatable bonds is 7. The zero-order valence-corrected chi connectivity index (χ0v) is 23.5. The van der Waals surface area contributed by atoms with E-state index in [9.17, 15) is 0 Å². The standard InChI is InChI=1S/C35H45/c1-9-11-15-24(16-12-10-2)29-23-30-28-20-19-27(34(3,4)5)21-26(28)22-31(30)32(25-17-13-14-18-25)33(29)35(6,7)8/h13-14,17,19-21,23H,9-12,15-16,18H2,1-8H3. The molecule has 0 spiro atoms. The highest BCUT2D eigenvalue weighted by Gasteiger charge is 2.28. The third kappa shape index (κ3) is 5.13. The highest BCUT2D eigenvalue weighted by atomic mass is 14.3. The number of hydrogen-bond acceptors (Lipinski definition) is 0. The van der Waals surface area contributed by atoms with Crippen molar-refractivity contribution in [3.05, 3.63) is 75.2 Å². The predicted octanol–water partition coefficient (Wildman–Crippen LogP) is 8.84. The fourth-order valence-electron chi connectivity index (χ4n) is 5.70. The largest absolute Gasteiger partial charge is 0.0801 e. The molecule has 2 aliphatic carbocycles. The van der Waals surface area contributed by atoms with Gasteiger partial charge in [-0.1, -0.05) is 104 Å². The first kappa shape index (κ1) is 25.7. The topological polar surface area (TPSA) is 0 Å². The van der Waals surface area contributed by atoms with Crippen molar-refractivity contribution >= 4 is 17.2 Å². The third-order valence-electron chi connectivity index (χ3n) is 7.65. The molecule has 35 heavy (non-hydrogen) atoms. The molecule has 4 rings (SSSR count). The van der Waals surface area contributed by atoms with Crippen LogP contribution in [0.25, 0.3) is 28.3 Å². The average Bonchev–Trinajstić information content (AvgIpc) is 3.44. The van der Waals surface area contributed by atoms with Gasteiger partial charge in [0.15, 0.2) is 0 Å². The molecule has 0 bridgehead atoms. The summed E-state index contributed by atoms with van der Waals surface area (Å²) in [5, 5.41) is 2.84. The quantitative estimate of drug-likeness (QED) is 0.327. The van der Waals surface area contributed by atoms with Crippen LogP contribution in [0.5, 0.6) is 0 Å². The van der Waals surface area contributed by atoms with Crippen LogP contribution in [0.4, 0.5) is 0 Å². The highest BCUT2D eigenvalue weighted by molar-refractivity contribution is 5.89. The Balaban J connectivity index is 2.11. The van der Waals surface area contributed by atoms with Gasteiger partial charge in [-0.3, -0.25) is 0 Å². The molecule has 0 N–H and O–H groups in total. The smallest absolute Gasteiger partial charge is 0.000731 e. The van der Waals surface area contributed by atoms with Crippen LogP contribution in [0.1, 0.15) is 123 Å². The molecule has 2 aromatic rings. The second-order valence-electron chi connectivity index (χ2n) is 12.6. The van der Waals surface area contributed by atoms with E-state index >= 15 is 0 Å². The molecule has 0 fully saturated rings. The summed E-state index contributed by atoms with van der Waals surface area (Å²) in [4.78, 5) is 0. The first-order valence-corrected chi connectivity index (χ1v) is 13.9. The van der Waals surface area contributed by atoms with Crippen LogP contribution in [0.15, 0.2) is 42.5 Å². The van der Waals surface area contributed by atoms with Crippen LogP contribution in [0.3, 0.4) is 0 Å². The van der Waals surface area contributed by atoms with Gasteiger partial charge in [-0.15, -0.1) is 0 Å². The van der Waals surface area contributed by atoms with E-state index in [0.29, 0.717) is 0 Å². The molecule has 0 aromatic heterocycles. The molecule has 0 aliphatic heterocycles. The van der Waals surface area contributed by atoms with Gasteiger partial charge in [0.25, 0.3) is 0 Å². The molecule has 2 aromatic carbocycles. The summed E-state index contributed by atoms with van der Waals surface area (Å²) in [5.41, 5.74) is 11.7. The van der Waals surface area contributed by atoms with E-state index in [1.165, 1.54) is 87.9 Å². The number of hydrogen-bond donors (Lipinski definition) is 0. The predicted molar refractivity (Wildman–Crippen MR) is 155 cm³/mol. The Hall–Kier alpha value is -2.34. The van der Waals surface area contributed by atoms with Gasteiger partial charge in [-0.2, -0.15) is 0 Å². The number of allylic oxidation sites excluding steroid dienone is 4. The Labute approximate surface area is 214 Å². The van der Waals surface area contributed by atoms with Crippen LogP contribution in [-0.2, 0) is 10.8 Å². The zero-order valence-electron chi connectivity index (χ0n) is 23.5. The summed E-state index contributed by atoms with van der Waals surface area (Å²) in [6.45, 7) is 18.8. The number of benzene rings is 2. The van der Waals surface area contributed by atoms with Crippen LogP contribution < -0.4 is 10.4 Å². The molecule has 0 amide bonds. The van der Waals surface area contributed by atoms with Gasteiger partial charge in [0.05, 0.1) is 0 Å². The summed E-state index contributed by atoms with van der Waals surface area (Å²) in [6, 6.07) is 9.63. The molecule has 0 heteroatoms. The van der Waals surface area contributed by atoms with Gasteiger partial charge in [-0.25, -0.2) is 0 Å². The van der Waals surface area contributed by atoms with Gasteiger partial charge < -0.3 is 0 Å². The Kier molecular flexibility index (Phi) is 7.33. The molecule has 185 valence electrons. The first-order chi connectivity index (χ1) is 16.6. The minimum atomic E-state index is 0.0554. The molecule has 0 saturated heterocycles. The molecule has 1 radical (unpaired) electrons. The minimum Gasteiger partial charge on any atom is -0.0801 e. The molecule has 0 heterocycles. The minimum absolute atomic E-state index is 0.0554. The number of unbranched alkanes of at least 4 members (excludes halogenated alkanes) is 2. The molecule has 2 aliphatic rings. The first-order valence-electron chi connectivity index (χ1n) is 13.9. The van der Waals surface area contributed by atoms with Crippen molar-refractivity contribution in [1.82, 2.24) is 0 Å². The van der Waals surface area contributed by atoms with E-state index in [1.54, 1.807) is 5.57 Å². The van der Waals surface area contributed by atoms with Gasteiger partial charge in [0.1, 0.15) is 0 Å². The molecule has 0 saturated carbocycles. The lowest BCUT2D eigenvalue weighted by Gasteiger charge is -2.27. The maximum atomic E-state index is 3.92. The zero-order chi connectivity index (χ0) is 25.4. The van der Waals surface area contributed by atoms with E-state index < -0.39 is 0 Å². The molecular formula is C35H45. The maximum absolute atomic E-state index is 3.92. The van der Waals surface area contributed by atoms with Crippen molar-refractivity contribution in [3.8, 4) is 11.1 Å². The highest BCUT2D eigenvalue weighted by Crippen LogP contribution is 2.37. The van der Waals surface area contributed by atoms with Gasteiger partial charge in [0, 0.05) is 0 Å². The lowest BCUT2D eigenvalue weighted by Crippen LogP contribution is -2.32. The Morgan fingerprint density at radius 2 is 1.54 bits per heavy atom. The number of fused-ring (bicyclic) bond motifs is 3. The van der Waals surface area contributed by atoms with Crippen LogP contribution >= 0.6 is 0 Å². The monoisotopic (exact) mass is 465 g/mol. The van der Waals surface area contributed by atoms with E-state index in [4.69, 9.17) is 0 Å². The van der Waals surface area contributed by atoms with Crippen LogP contribution in [-0.4, -0.2) is 0 Å². The summed E-state index contributed by atoms with van der Waals surface area (Å²) >= 11 is 0. The van der Waals surface area contributed by atoms with E-state index in [-0.39, 0.29) is 10.8 Å². The Morgan fingerprint density at radius 1 is 0.857 bits per heavy atom. The van der Waals surface area contributed by atoms with Crippen LogP contribution in [0, 0.1) is 0 Å². The lowest BCUT2D eigenvalue weighted by molar-refractivity contribution is 0.582. The molecule has 0 nitrogen and oxygen atoms in total. The molecule has 0 atom stereocenters.